The van der Waals surface area contributed by atoms with Crippen LogP contribution in [0.4, 0.5) is 8.78 Å². The Kier molecular flexibility index (Phi) is 7.33. The van der Waals surface area contributed by atoms with E-state index in [4.69, 9.17) is 0 Å². The zero-order chi connectivity index (χ0) is 19.2. The molecule has 0 spiro atoms. The van der Waals surface area contributed by atoms with E-state index in [1.165, 1.54) is 51.4 Å². The Morgan fingerprint density at radius 3 is 2.07 bits per heavy atom. The highest BCUT2D eigenvalue weighted by Gasteiger charge is 2.30. The zero-order valence-electron chi connectivity index (χ0n) is 17.0. The van der Waals surface area contributed by atoms with Crippen LogP contribution in [0.15, 0.2) is 12.1 Å². The third-order valence-corrected chi connectivity index (χ3v) is 6.98. The third-order valence-electron chi connectivity index (χ3n) is 6.98. The average Bonchev–Trinajstić information content (AvgIpc) is 2.70. The van der Waals surface area contributed by atoms with Crippen LogP contribution < -0.4 is 0 Å². The summed E-state index contributed by atoms with van der Waals surface area (Å²) >= 11 is 0. The van der Waals surface area contributed by atoms with Crippen molar-refractivity contribution in [1.29, 1.82) is 0 Å². The molecule has 0 saturated heterocycles. The zero-order valence-corrected chi connectivity index (χ0v) is 17.0. The van der Waals surface area contributed by atoms with Crippen LogP contribution in [-0.2, 0) is 6.42 Å². The molecule has 2 aliphatic rings. The number of rotatable bonds is 4. The summed E-state index contributed by atoms with van der Waals surface area (Å²) in [6.07, 6.45) is 13.7. The predicted molar refractivity (Wildman–Crippen MR) is 108 cm³/mol. The number of halogens is 2. The van der Waals surface area contributed by atoms with E-state index in [1.807, 2.05) is 6.92 Å². The lowest BCUT2D eigenvalue weighted by Crippen LogP contribution is -2.25. The first-order valence-electron chi connectivity index (χ1n) is 11.1. The first-order valence-corrected chi connectivity index (χ1v) is 11.1. The van der Waals surface area contributed by atoms with Gasteiger partial charge in [0.2, 0.25) is 0 Å². The summed E-state index contributed by atoms with van der Waals surface area (Å²) in [5.41, 5.74) is 0.633. The van der Waals surface area contributed by atoms with Crippen LogP contribution >= 0.6 is 0 Å². The van der Waals surface area contributed by atoms with E-state index in [-0.39, 0.29) is 5.56 Å². The second-order valence-corrected chi connectivity index (χ2v) is 8.70. The fourth-order valence-electron chi connectivity index (χ4n) is 5.23. The number of hydrogen-bond acceptors (Lipinski definition) is 0. The third kappa shape index (κ3) is 5.13. The molecule has 2 saturated carbocycles. The van der Waals surface area contributed by atoms with E-state index in [2.05, 4.69) is 18.8 Å². The summed E-state index contributed by atoms with van der Waals surface area (Å²) in [4.78, 5) is 0. The Morgan fingerprint density at radius 2 is 1.48 bits per heavy atom. The van der Waals surface area contributed by atoms with Crippen LogP contribution in [0.2, 0.25) is 0 Å². The topological polar surface area (TPSA) is 0 Å². The summed E-state index contributed by atoms with van der Waals surface area (Å²) in [5.74, 6) is 7.74. The largest absolute Gasteiger partial charge is 0.203 e. The molecule has 0 N–H and O–H groups in total. The molecule has 148 valence electrons. The maximum absolute atomic E-state index is 14.1. The minimum Gasteiger partial charge on any atom is -0.203 e. The molecule has 0 unspecified atom stereocenters. The Morgan fingerprint density at radius 1 is 0.852 bits per heavy atom. The van der Waals surface area contributed by atoms with Crippen molar-refractivity contribution < 1.29 is 8.78 Å². The first-order chi connectivity index (χ1) is 13.1. The second-order valence-electron chi connectivity index (χ2n) is 8.70. The van der Waals surface area contributed by atoms with E-state index < -0.39 is 11.6 Å². The Hall–Kier alpha value is -1.36. The van der Waals surface area contributed by atoms with Crippen molar-refractivity contribution >= 4 is 0 Å². The van der Waals surface area contributed by atoms with Gasteiger partial charge in [0, 0.05) is 5.92 Å². The van der Waals surface area contributed by atoms with Crippen molar-refractivity contribution in [3.63, 3.8) is 0 Å². The number of hydrogen-bond donors (Lipinski definition) is 0. The first kappa shape index (κ1) is 20.4. The van der Waals surface area contributed by atoms with E-state index in [1.54, 1.807) is 12.1 Å². The van der Waals surface area contributed by atoms with Crippen molar-refractivity contribution in [2.24, 2.45) is 23.7 Å². The molecule has 3 rings (SSSR count). The van der Waals surface area contributed by atoms with Gasteiger partial charge in [0.25, 0.3) is 0 Å². The van der Waals surface area contributed by atoms with Gasteiger partial charge in [0.15, 0.2) is 11.6 Å². The van der Waals surface area contributed by atoms with Crippen molar-refractivity contribution in [2.75, 3.05) is 0 Å². The molecule has 0 radical (unpaired) electrons. The number of benzene rings is 1. The second kappa shape index (κ2) is 9.72. The maximum atomic E-state index is 14.1. The normalized spacial score (nSPS) is 28.4. The molecule has 27 heavy (non-hydrogen) atoms. The van der Waals surface area contributed by atoms with Gasteiger partial charge in [-0.3, -0.25) is 0 Å². The van der Waals surface area contributed by atoms with Crippen LogP contribution in [0, 0.1) is 47.1 Å². The summed E-state index contributed by atoms with van der Waals surface area (Å²) in [6, 6.07) is 3.29. The molecule has 2 aliphatic carbocycles. The minimum absolute atomic E-state index is 0.209. The van der Waals surface area contributed by atoms with Crippen molar-refractivity contribution in [3.8, 4) is 11.8 Å². The van der Waals surface area contributed by atoms with Crippen LogP contribution in [-0.4, -0.2) is 0 Å². The highest BCUT2D eigenvalue weighted by atomic mass is 19.2. The molecule has 0 aliphatic heterocycles. The molecular weight excluding hydrogens is 338 g/mol. The lowest BCUT2D eigenvalue weighted by Gasteiger charge is -2.37. The fourth-order valence-corrected chi connectivity index (χ4v) is 5.23. The van der Waals surface area contributed by atoms with Crippen molar-refractivity contribution in [3.05, 3.63) is 34.9 Å². The summed E-state index contributed by atoms with van der Waals surface area (Å²) < 4.78 is 28.0. The lowest BCUT2D eigenvalue weighted by molar-refractivity contribution is 0.154. The van der Waals surface area contributed by atoms with Gasteiger partial charge in [-0.15, -0.1) is 0 Å². The van der Waals surface area contributed by atoms with Gasteiger partial charge in [-0.05, 0) is 74.3 Å². The lowest BCUT2D eigenvalue weighted by atomic mass is 9.69. The fraction of sp³-hybridized carbons (Fsp3) is 0.680. The molecule has 2 fully saturated rings. The average molecular weight is 373 g/mol. The molecule has 0 atom stereocenters. The quantitative estimate of drug-likeness (QED) is 0.487. The Balaban J connectivity index is 1.51. The van der Waals surface area contributed by atoms with Crippen LogP contribution in [0.5, 0.6) is 0 Å². The predicted octanol–water partition coefficient (Wildman–Crippen LogP) is 7.29. The van der Waals surface area contributed by atoms with Gasteiger partial charge >= 0.3 is 0 Å². The van der Waals surface area contributed by atoms with Gasteiger partial charge in [0.1, 0.15) is 0 Å². The molecule has 0 heterocycles. The monoisotopic (exact) mass is 372 g/mol. The molecule has 0 aromatic heterocycles. The summed E-state index contributed by atoms with van der Waals surface area (Å²) in [6.45, 7) is 4.13. The molecule has 1 aromatic carbocycles. The SMILES string of the molecule is CCCC1CCC(C2CCC(C#Cc3ccc(CC)c(F)c3F)CC2)CC1. The van der Waals surface area contributed by atoms with Gasteiger partial charge in [0.05, 0.1) is 5.56 Å². The standard InChI is InChI=1S/C25H34F2/c1-3-5-18-6-11-21(12-7-18)22-13-8-19(9-14-22)10-15-23-17-16-20(4-2)24(26)25(23)27/h16-19,21-22H,3-9,11-14H2,1-2H3. The molecule has 1 aromatic rings. The minimum atomic E-state index is -0.778. The molecule has 0 nitrogen and oxygen atoms in total. The van der Waals surface area contributed by atoms with Gasteiger partial charge in [-0.25, -0.2) is 8.78 Å². The van der Waals surface area contributed by atoms with Gasteiger partial charge in [-0.2, -0.15) is 0 Å². The van der Waals surface area contributed by atoms with Crippen molar-refractivity contribution in [1.82, 2.24) is 0 Å². The van der Waals surface area contributed by atoms with Gasteiger partial charge in [-0.1, -0.05) is 57.4 Å². The van der Waals surface area contributed by atoms with Crippen LogP contribution in [0.3, 0.4) is 0 Å². The Bertz CT molecular complexity index is 666. The summed E-state index contributed by atoms with van der Waals surface area (Å²) in [5, 5.41) is 0. The highest BCUT2D eigenvalue weighted by Crippen LogP contribution is 2.42. The van der Waals surface area contributed by atoms with Gasteiger partial charge < -0.3 is 0 Å². The Labute approximate surface area is 164 Å². The van der Waals surface area contributed by atoms with Crippen LogP contribution in [0.25, 0.3) is 0 Å². The molecular formula is C25H34F2. The van der Waals surface area contributed by atoms with Crippen molar-refractivity contribution in [2.45, 2.75) is 84.5 Å². The maximum Gasteiger partial charge on any atom is 0.174 e. The molecule has 0 bridgehead atoms. The van der Waals surface area contributed by atoms with E-state index in [9.17, 15) is 8.78 Å². The van der Waals surface area contributed by atoms with E-state index >= 15 is 0 Å². The molecule has 0 amide bonds. The molecule has 2 heteroatoms. The summed E-state index contributed by atoms with van der Waals surface area (Å²) in [7, 11) is 0. The van der Waals surface area contributed by atoms with E-state index in [0.717, 1.165) is 30.6 Å². The number of aryl methyl sites for hydroxylation is 1. The van der Waals surface area contributed by atoms with E-state index in [0.29, 0.717) is 17.9 Å². The smallest absolute Gasteiger partial charge is 0.174 e. The van der Waals surface area contributed by atoms with Crippen LogP contribution in [0.1, 0.15) is 89.2 Å². The highest BCUT2D eigenvalue weighted by molar-refractivity contribution is 5.39.